The van der Waals surface area contributed by atoms with Crippen LogP contribution in [0.15, 0.2) is 18.6 Å². The molecule has 0 radical (unpaired) electrons. The molecule has 0 saturated carbocycles. The first-order valence-corrected chi connectivity index (χ1v) is 6.74. The summed E-state index contributed by atoms with van der Waals surface area (Å²) < 4.78 is 2.06. The molecule has 0 amide bonds. The number of anilines is 1. The molecule has 4 heteroatoms. The number of imidazole rings is 1. The first kappa shape index (κ1) is 13.8. The lowest BCUT2D eigenvalue weighted by atomic mass is 9.82. The Balaban J connectivity index is 2.28. The molecule has 0 unspecified atom stereocenters. The Morgan fingerprint density at radius 1 is 1.11 bits per heavy atom. The van der Waals surface area contributed by atoms with Crippen LogP contribution in [-0.2, 0) is 0 Å². The molecule has 0 aliphatic heterocycles. The van der Waals surface area contributed by atoms with Crippen LogP contribution < -0.4 is 5.32 Å². The monoisotopic (exact) mass is 260 g/mol. The molecule has 0 aliphatic rings. The van der Waals surface area contributed by atoms with Gasteiger partial charge in [0.2, 0.25) is 0 Å². The summed E-state index contributed by atoms with van der Waals surface area (Å²) in [7, 11) is 0. The van der Waals surface area contributed by atoms with Gasteiger partial charge in [-0.2, -0.15) is 0 Å². The van der Waals surface area contributed by atoms with E-state index < -0.39 is 0 Å². The number of nitrogens with zero attached hydrogens (tertiary/aromatic N) is 3. The molecule has 4 nitrogen and oxygen atoms in total. The minimum absolute atomic E-state index is 0.0192. The summed E-state index contributed by atoms with van der Waals surface area (Å²) in [6.45, 7) is 13.2. The van der Waals surface area contributed by atoms with Crippen molar-refractivity contribution < 1.29 is 0 Å². The van der Waals surface area contributed by atoms with Crippen molar-refractivity contribution in [2.24, 2.45) is 5.41 Å². The second-order valence-corrected chi connectivity index (χ2v) is 7.15. The third-order valence-corrected chi connectivity index (χ3v) is 2.96. The fourth-order valence-corrected chi connectivity index (χ4v) is 2.80. The van der Waals surface area contributed by atoms with Crippen molar-refractivity contribution in [1.82, 2.24) is 14.4 Å². The first-order chi connectivity index (χ1) is 8.66. The van der Waals surface area contributed by atoms with Crippen molar-refractivity contribution >= 4 is 11.5 Å². The number of aromatic nitrogens is 3. The summed E-state index contributed by atoms with van der Waals surface area (Å²) in [5.41, 5.74) is 2.17. The molecular formula is C15H24N4. The number of fused-ring (bicyclic) bond motifs is 1. The highest BCUT2D eigenvalue weighted by molar-refractivity contribution is 5.50. The van der Waals surface area contributed by atoms with E-state index in [1.807, 2.05) is 19.3 Å². The molecule has 2 aromatic heterocycles. The molecule has 0 atom stereocenters. The highest BCUT2D eigenvalue weighted by atomic mass is 15.2. The van der Waals surface area contributed by atoms with Gasteiger partial charge in [-0.1, -0.05) is 20.8 Å². The van der Waals surface area contributed by atoms with Crippen molar-refractivity contribution in [2.45, 2.75) is 53.5 Å². The average molecular weight is 260 g/mol. The van der Waals surface area contributed by atoms with Crippen LogP contribution in [-0.4, -0.2) is 19.9 Å². The van der Waals surface area contributed by atoms with Gasteiger partial charge in [-0.25, -0.2) is 4.98 Å². The number of rotatable bonds is 3. The zero-order valence-electron chi connectivity index (χ0n) is 12.8. The molecule has 1 N–H and O–H groups in total. The summed E-state index contributed by atoms with van der Waals surface area (Å²) >= 11 is 0. The molecular weight excluding hydrogens is 236 g/mol. The SMILES string of the molecule is Cc1cn2c(NC(C)(C)CC(C)(C)C)cnc2cn1. The van der Waals surface area contributed by atoms with Crippen LogP contribution in [0.4, 0.5) is 5.82 Å². The molecule has 2 rings (SSSR count). The predicted molar refractivity (Wildman–Crippen MR) is 79.5 cm³/mol. The van der Waals surface area contributed by atoms with Gasteiger partial charge in [0.25, 0.3) is 0 Å². The van der Waals surface area contributed by atoms with E-state index in [-0.39, 0.29) is 11.0 Å². The average Bonchev–Trinajstić information content (AvgIpc) is 2.56. The van der Waals surface area contributed by atoms with Crippen LogP contribution in [0, 0.1) is 12.3 Å². The zero-order chi connectivity index (χ0) is 14.3. The Hall–Kier alpha value is -1.58. The first-order valence-electron chi connectivity index (χ1n) is 6.74. The molecule has 2 aromatic rings. The van der Waals surface area contributed by atoms with E-state index in [9.17, 15) is 0 Å². The summed E-state index contributed by atoms with van der Waals surface area (Å²) in [5, 5.41) is 3.60. The third-order valence-electron chi connectivity index (χ3n) is 2.96. The van der Waals surface area contributed by atoms with Gasteiger partial charge >= 0.3 is 0 Å². The molecule has 104 valence electrons. The molecule has 2 heterocycles. The summed E-state index contributed by atoms with van der Waals surface area (Å²) in [6.07, 6.45) is 6.77. The Labute approximate surface area is 115 Å². The summed E-state index contributed by atoms with van der Waals surface area (Å²) in [6, 6.07) is 0. The maximum Gasteiger partial charge on any atom is 0.156 e. The van der Waals surface area contributed by atoms with Crippen molar-refractivity contribution in [3.63, 3.8) is 0 Å². The Morgan fingerprint density at radius 3 is 2.42 bits per heavy atom. The molecule has 19 heavy (non-hydrogen) atoms. The topological polar surface area (TPSA) is 42.2 Å². The van der Waals surface area contributed by atoms with Gasteiger partial charge < -0.3 is 5.32 Å². The summed E-state index contributed by atoms with van der Waals surface area (Å²) in [5.74, 6) is 1.02. The quantitative estimate of drug-likeness (QED) is 0.915. The van der Waals surface area contributed by atoms with Crippen LogP contribution in [0.5, 0.6) is 0 Å². The van der Waals surface area contributed by atoms with Crippen LogP contribution in [0.3, 0.4) is 0 Å². The van der Waals surface area contributed by atoms with Gasteiger partial charge in [0.1, 0.15) is 5.82 Å². The Morgan fingerprint density at radius 2 is 1.79 bits per heavy atom. The number of aryl methyl sites for hydroxylation is 1. The summed E-state index contributed by atoms with van der Waals surface area (Å²) in [4.78, 5) is 8.64. The normalized spacial score (nSPS) is 12.9. The minimum atomic E-state index is 0.0192. The Bertz CT molecular complexity index is 575. The lowest BCUT2D eigenvalue weighted by Crippen LogP contribution is -2.35. The van der Waals surface area contributed by atoms with E-state index in [4.69, 9.17) is 0 Å². The highest BCUT2D eigenvalue weighted by Gasteiger charge is 2.26. The maximum atomic E-state index is 4.38. The smallest absolute Gasteiger partial charge is 0.156 e. The van der Waals surface area contributed by atoms with Gasteiger partial charge in [-0.05, 0) is 32.6 Å². The van der Waals surface area contributed by atoms with Gasteiger partial charge in [-0.3, -0.25) is 9.38 Å². The van der Waals surface area contributed by atoms with Gasteiger partial charge in [0.15, 0.2) is 5.65 Å². The minimum Gasteiger partial charge on any atom is -0.365 e. The number of nitrogens with one attached hydrogen (secondary N) is 1. The molecule has 0 saturated heterocycles. The lowest BCUT2D eigenvalue weighted by molar-refractivity contribution is 0.302. The van der Waals surface area contributed by atoms with Crippen molar-refractivity contribution in [2.75, 3.05) is 5.32 Å². The van der Waals surface area contributed by atoms with Crippen LogP contribution in [0.25, 0.3) is 5.65 Å². The zero-order valence-corrected chi connectivity index (χ0v) is 12.8. The fourth-order valence-electron chi connectivity index (χ4n) is 2.80. The third kappa shape index (κ3) is 3.46. The van der Waals surface area contributed by atoms with Crippen LogP contribution >= 0.6 is 0 Å². The van der Waals surface area contributed by atoms with E-state index in [2.05, 4.69) is 54.3 Å². The van der Waals surface area contributed by atoms with E-state index in [1.165, 1.54) is 0 Å². The van der Waals surface area contributed by atoms with Crippen molar-refractivity contribution in [3.05, 3.63) is 24.3 Å². The maximum absolute atomic E-state index is 4.38. The van der Waals surface area contributed by atoms with E-state index in [1.54, 1.807) is 6.20 Å². The molecule has 0 fully saturated rings. The fraction of sp³-hybridized carbons (Fsp3) is 0.600. The lowest BCUT2D eigenvalue weighted by Gasteiger charge is -2.33. The van der Waals surface area contributed by atoms with Gasteiger partial charge in [0.05, 0.1) is 18.1 Å². The Kier molecular flexibility index (Phi) is 3.29. The molecule has 0 spiro atoms. The van der Waals surface area contributed by atoms with Gasteiger partial charge in [-0.15, -0.1) is 0 Å². The van der Waals surface area contributed by atoms with Crippen molar-refractivity contribution in [1.29, 1.82) is 0 Å². The van der Waals surface area contributed by atoms with Crippen LogP contribution in [0.1, 0.15) is 46.7 Å². The predicted octanol–water partition coefficient (Wildman–Crippen LogP) is 3.66. The van der Waals surface area contributed by atoms with E-state index >= 15 is 0 Å². The molecule has 0 aromatic carbocycles. The molecule has 0 bridgehead atoms. The highest BCUT2D eigenvalue weighted by Crippen LogP contribution is 2.29. The van der Waals surface area contributed by atoms with Crippen LogP contribution in [0.2, 0.25) is 0 Å². The van der Waals surface area contributed by atoms with Gasteiger partial charge in [0, 0.05) is 11.7 Å². The standard InChI is InChI=1S/C15H24N4/c1-11-9-19-12(7-16-11)17-8-13(19)18-15(5,6)10-14(2,3)4/h7-9,18H,10H2,1-6H3. The second-order valence-electron chi connectivity index (χ2n) is 7.15. The second kappa shape index (κ2) is 4.51. The van der Waals surface area contributed by atoms with E-state index in [0.717, 1.165) is 23.6 Å². The molecule has 0 aliphatic carbocycles. The number of hydrogen-bond donors (Lipinski definition) is 1. The largest absolute Gasteiger partial charge is 0.365 e. The van der Waals surface area contributed by atoms with Crippen molar-refractivity contribution in [3.8, 4) is 0 Å². The number of hydrogen-bond acceptors (Lipinski definition) is 3. The van der Waals surface area contributed by atoms with E-state index in [0.29, 0.717) is 0 Å².